The second kappa shape index (κ2) is 23.7. The van der Waals surface area contributed by atoms with Crippen LogP contribution in [0.5, 0.6) is 28.7 Å². The first-order valence-electron chi connectivity index (χ1n) is 21.9. The third kappa shape index (κ3) is 13.3. The van der Waals surface area contributed by atoms with Crippen molar-refractivity contribution in [3.8, 4) is 51.0 Å². The van der Waals surface area contributed by atoms with E-state index < -0.39 is 0 Å². The number of hydrogen-bond donors (Lipinski definition) is 3. The normalized spacial score (nSPS) is 14.9. The van der Waals surface area contributed by atoms with Crippen molar-refractivity contribution in [1.82, 2.24) is 0 Å². The molecule has 8 nitrogen and oxygen atoms in total. The molecular weight excluding hydrogens is 699 g/mol. The monoisotopic (exact) mass is 774 g/mol. The predicted octanol–water partition coefficient (Wildman–Crippen LogP) is 10.6. The summed E-state index contributed by atoms with van der Waals surface area (Å²) in [7, 11) is 0. The molecule has 4 rings (SSSR count). The van der Waals surface area contributed by atoms with Gasteiger partial charge in [-0.2, -0.15) is 0 Å². The maximum absolute atomic E-state index is 7.04. The van der Waals surface area contributed by atoms with Crippen LogP contribution in [-0.2, 0) is 6.42 Å². The molecule has 3 aromatic carbocycles. The fourth-order valence-corrected chi connectivity index (χ4v) is 7.72. The highest BCUT2D eigenvalue weighted by Crippen LogP contribution is 2.48. The Labute approximate surface area is 339 Å². The van der Waals surface area contributed by atoms with Crippen LogP contribution in [0, 0.1) is 23.7 Å². The lowest BCUT2D eigenvalue weighted by molar-refractivity contribution is 0.220. The standard InChI is InChI=1S/C48H75N3O5/c1-8-15-37(16-9-2)32-54-45-25-41(47-43(53-30-36(10-3)11-4)19-14-20-44(47)55-34(6)28-50)26-46(56-35(7)29-51)48(45)40-22-39(21-33(5)27-49)23-42(24-40)52-31-38-17-12-13-18-38/h14,19-20,22-26,33-38H,8-13,15-18,21,27-32,49-51H2,1-7H3/t33-,34+,35+/m0/s1. The maximum Gasteiger partial charge on any atom is 0.131 e. The smallest absolute Gasteiger partial charge is 0.131 e. The fraction of sp³-hybridized carbons (Fsp3) is 0.625. The molecule has 0 saturated heterocycles. The summed E-state index contributed by atoms with van der Waals surface area (Å²) >= 11 is 0. The van der Waals surface area contributed by atoms with Gasteiger partial charge < -0.3 is 40.9 Å². The van der Waals surface area contributed by atoms with Gasteiger partial charge in [0.2, 0.25) is 0 Å². The number of hydrogen-bond acceptors (Lipinski definition) is 8. The van der Waals surface area contributed by atoms with E-state index in [-0.39, 0.29) is 12.2 Å². The van der Waals surface area contributed by atoms with E-state index in [1.165, 1.54) is 31.2 Å². The van der Waals surface area contributed by atoms with Gasteiger partial charge in [0.25, 0.3) is 0 Å². The van der Waals surface area contributed by atoms with E-state index in [1.807, 2.05) is 32.0 Å². The maximum atomic E-state index is 7.04. The van der Waals surface area contributed by atoms with Crippen molar-refractivity contribution >= 4 is 0 Å². The van der Waals surface area contributed by atoms with Crippen LogP contribution in [0.15, 0.2) is 48.5 Å². The van der Waals surface area contributed by atoms with Gasteiger partial charge in [0.05, 0.1) is 30.9 Å². The van der Waals surface area contributed by atoms with Crippen molar-refractivity contribution in [2.45, 2.75) is 131 Å². The molecule has 0 amide bonds. The highest BCUT2D eigenvalue weighted by Gasteiger charge is 2.25. The molecular formula is C48H75N3O5. The van der Waals surface area contributed by atoms with Gasteiger partial charge in [0.15, 0.2) is 0 Å². The van der Waals surface area contributed by atoms with Gasteiger partial charge in [-0.1, -0.05) is 85.3 Å². The van der Waals surface area contributed by atoms with Crippen LogP contribution in [-0.4, -0.2) is 51.7 Å². The number of ether oxygens (including phenoxy) is 5. The van der Waals surface area contributed by atoms with Crippen molar-refractivity contribution in [1.29, 1.82) is 0 Å². The molecule has 0 heterocycles. The predicted molar refractivity (Wildman–Crippen MR) is 233 cm³/mol. The minimum absolute atomic E-state index is 0.198. The second-order valence-corrected chi connectivity index (χ2v) is 16.4. The van der Waals surface area contributed by atoms with Crippen LogP contribution in [0.2, 0.25) is 0 Å². The molecule has 3 aromatic rings. The van der Waals surface area contributed by atoms with Crippen molar-refractivity contribution in [3.05, 3.63) is 54.1 Å². The molecule has 0 unspecified atom stereocenters. The third-order valence-corrected chi connectivity index (χ3v) is 11.4. The summed E-state index contributed by atoms with van der Waals surface area (Å²) in [5.41, 5.74) is 23.3. The molecule has 1 aliphatic carbocycles. The van der Waals surface area contributed by atoms with Crippen molar-refractivity contribution in [2.24, 2.45) is 40.9 Å². The largest absolute Gasteiger partial charge is 0.493 e. The summed E-state index contributed by atoms with van der Waals surface area (Å²) in [6.45, 7) is 18.4. The van der Waals surface area contributed by atoms with E-state index in [1.54, 1.807) is 0 Å². The molecule has 8 heteroatoms. The number of benzene rings is 3. The van der Waals surface area contributed by atoms with Crippen LogP contribution in [0.25, 0.3) is 22.3 Å². The van der Waals surface area contributed by atoms with E-state index >= 15 is 0 Å². The molecule has 0 radical (unpaired) electrons. The Kier molecular flexibility index (Phi) is 19.1. The van der Waals surface area contributed by atoms with Gasteiger partial charge in [-0.05, 0) is 129 Å². The first-order chi connectivity index (χ1) is 27.2. The Balaban J connectivity index is 1.99. The fourth-order valence-electron chi connectivity index (χ4n) is 7.72. The van der Waals surface area contributed by atoms with Crippen LogP contribution in [0.3, 0.4) is 0 Å². The Morgan fingerprint density at radius 3 is 1.82 bits per heavy atom. The Hall–Kier alpha value is -3.46. The van der Waals surface area contributed by atoms with Gasteiger partial charge in [-0.25, -0.2) is 0 Å². The number of rotatable bonds is 26. The minimum Gasteiger partial charge on any atom is -0.493 e. The average Bonchev–Trinajstić information content (AvgIpc) is 3.73. The van der Waals surface area contributed by atoms with Crippen molar-refractivity contribution in [2.75, 3.05) is 39.5 Å². The Bertz CT molecular complexity index is 1580. The molecule has 1 fully saturated rings. The lowest BCUT2D eigenvalue weighted by Gasteiger charge is -2.25. The van der Waals surface area contributed by atoms with Gasteiger partial charge in [-0.15, -0.1) is 0 Å². The van der Waals surface area contributed by atoms with E-state index in [0.717, 1.165) is 91.1 Å². The Morgan fingerprint density at radius 2 is 1.20 bits per heavy atom. The molecule has 0 aliphatic heterocycles. The summed E-state index contributed by atoms with van der Waals surface area (Å²) in [5, 5.41) is 0. The van der Waals surface area contributed by atoms with E-state index in [9.17, 15) is 0 Å². The molecule has 0 spiro atoms. The van der Waals surface area contributed by atoms with E-state index in [2.05, 4.69) is 65.0 Å². The van der Waals surface area contributed by atoms with Crippen LogP contribution in [0.4, 0.5) is 0 Å². The zero-order chi connectivity index (χ0) is 40.5. The molecule has 1 aliphatic rings. The second-order valence-electron chi connectivity index (χ2n) is 16.4. The molecule has 0 aromatic heterocycles. The molecule has 0 bridgehead atoms. The first kappa shape index (κ1) is 45.2. The van der Waals surface area contributed by atoms with Gasteiger partial charge in [0.1, 0.15) is 41.0 Å². The van der Waals surface area contributed by atoms with Crippen LogP contribution in [0.1, 0.15) is 118 Å². The third-order valence-electron chi connectivity index (χ3n) is 11.4. The quantitative estimate of drug-likeness (QED) is 0.0737. The van der Waals surface area contributed by atoms with Gasteiger partial charge in [-0.3, -0.25) is 0 Å². The molecule has 3 atom stereocenters. The molecule has 6 N–H and O–H groups in total. The SMILES string of the molecule is CCCC(CCC)COc1cc(-c2c(OCC(CC)CC)cccc2O[C@H](C)CN)cc(O[C@H](C)CN)c1-c1cc(C[C@H](C)CN)cc(OCC2CCCC2)c1. The molecule has 1 saturated carbocycles. The summed E-state index contributed by atoms with van der Waals surface area (Å²) in [6.07, 6.45) is 11.9. The first-order valence-corrected chi connectivity index (χ1v) is 21.9. The lowest BCUT2D eigenvalue weighted by atomic mass is 9.93. The summed E-state index contributed by atoms with van der Waals surface area (Å²) in [4.78, 5) is 0. The summed E-state index contributed by atoms with van der Waals surface area (Å²) in [6, 6.07) is 16.9. The van der Waals surface area contributed by atoms with Crippen molar-refractivity contribution in [3.63, 3.8) is 0 Å². The summed E-state index contributed by atoms with van der Waals surface area (Å²) < 4.78 is 33.7. The topological polar surface area (TPSA) is 124 Å². The lowest BCUT2D eigenvalue weighted by Crippen LogP contribution is -2.23. The Morgan fingerprint density at radius 1 is 0.625 bits per heavy atom. The molecule has 312 valence electrons. The van der Waals surface area contributed by atoms with Gasteiger partial charge in [0, 0.05) is 13.1 Å². The average molecular weight is 774 g/mol. The highest BCUT2D eigenvalue weighted by molar-refractivity contribution is 5.86. The van der Waals surface area contributed by atoms with E-state index in [4.69, 9.17) is 40.9 Å². The number of nitrogens with two attached hydrogens (primary N) is 3. The zero-order valence-electron chi connectivity index (χ0n) is 35.9. The van der Waals surface area contributed by atoms with Crippen molar-refractivity contribution < 1.29 is 23.7 Å². The molecule has 56 heavy (non-hydrogen) atoms. The van der Waals surface area contributed by atoms with Crippen LogP contribution < -0.4 is 40.9 Å². The zero-order valence-corrected chi connectivity index (χ0v) is 35.9. The highest BCUT2D eigenvalue weighted by atomic mass is 16.5. The van der Waals surface area contributed by atoms with Crippen LogP contribution >= 0.6 is 0 Å². The van der Waals surface area contributed by atoms with Gasteiger partial charge >= 0.3 is 0 Å². The van der Waals surface area contributed by atoms with E-state index in [0.29, 0.717) is 68.0 Å². The summed E-state index contributed by atoms with van der Waals surface area (Å²) in [5.74, 6) is 5.53. The minimum atomic E-state index is -0.252.